The number of nitrogens with two attached hydrogens (primary N) is 1. The number of rotatable bonds is 4. The number of carboxylic acid groups (broad SMARTS) is 1. The minimum absolute atomic E-state index is 0.0268. The van der Waals surface area contributed by atoms with Crippen molar-refractivity contribution >= 4 is 39.7 Å². The minimum Gasteiger partial charge on any atom is -0.495 e. The Morgan fingerprint density at radius 1 is 1.26 bits per heavy atom. The number of fused-ring (bicyclic) bond motifs is 3. The molecule has 1 aromatic carbocycles. The lowest BCUT2D eigenvalue weighted by atomic mass is 10.1. The predicted octanol–water partition coefficient (Wildman–Crippen LogP) is 2.22. The zero-order valence-corrected chi connectivity index (χ0v) is 15.4. The van der Waals surface area contributed by atoms with Crippen LogP contribution in [0.25, 0.3) is 21.9 Å². The van der Waals surface area contributed by atoms with Crippen LogP contribution in [0, 0.1) is 0 Å². The van der Waals surface area contributed by atoms with Crippen LogP contribution < -0.4 is 10.5 Å². The summed E-state index contributed by atoms with van der Waals surface area (Å²) < 4.78 is 12.4. The quantitative estimate of drug-likeness (QED) is 0.667. The second kappa shape index (κ2) is 6.42. The standard InChI is InChI=1S/C18H20N4O5/c1-18(2,3)27-12(23)7-22-14-10(13-15(19)20-8-21-16(13)22)5-9(17(24)25)6-11(14)26-4/h5-6,8H,7H2,1-4H3,(H,24,25)(H2,19,20,21). The number of aromatic nitrogens is 3. The molecule has 0 radical (unpaired) electrons. The predicted molar refractivity (Wildman–Crippen MR) is 98.8 cm³/mol. The first-order chi connectivity index (χ1) is 12.6. The molecule has 0 aliphatic rings. The summed E-state index contributed by atoms with van der Waals surface area (Å²) in [5, 5.41) is 10.3. The molecule has 9 nitrogen and oxygen atoms in total. The van der Waals surface area contributed by atoms with Gasteiger partial charge in [0.25, 0.3) is 0 Å². The van der Waals surface area contributed by atoms with Crippen molar-refractivity contribution in [3.05, 3.63) is 24.0 Å². The number of benzene rings is 1. The molecule has 0 amide bonds. The Hall–Kier alpha value is -3.36. The van der Waals surface area contributed by atoms with Crippen LogP contribution in [0.4, 0.5) is 5.82 Å². The Labute approximate surface area is 154 Å². The summed E-state index contributed by atoms with van der Waals surface area (Å²) >= 11 is 0. The van der Waals surface area contributed by atoms with Gasteiger partial charge in [-0.05, 0) is 32.9 Å². The molecule has 3 aromatic rings. The number of anilines is 1. The minimum atomic E-state index is -1.11. The summed E-state index contributed by atoms with van der Waals surface area (Å²) in [6, 6.07) is 2.85. The fraction of sp³-hybridized carbons (Fsp3) is 0.333. The fourth-order valence-corrected chi connectivity index (χ4v) is 2.97. The maximum atomic E-state index is 12.4. The van der Waals surface area contributed by atoms with Crippen molar-refractivity contribution in [3.63, 3.8) is 0 Å². The van der Waals surface area contributed by atoms with E-state index in [0.29, 0.717) is 21.9 Å². The first-order valence-corrected chi connectivity index (χ1v) is 8.18. The van der Waals surface area contributed by atoms with E-state index in [1.807, 2.05) is 0 Å². The van der Waals surface area contributed by atoms with E-state index >= 15 is 0 Å². The van der Waals surface area contributed by atoms with E-state index in [9.17, 15) is 14.7 Å². The van der Waals surface area contributed by atoms with Gasteiger partial charge in [0.1, 0.15) is 35.7 Å². The van der Waals surface area contributed by atoms with E-state index in [-0.39, 0.29) is 23.7 Å². The van der Waals surface area contributed by atoms with E-state index in [2.05, 4.69) is 9.97 Å². The third-order valence-corrected chi connectivity index (χ3v) is 3.90. The van der Waals surface area contributed by atoms with Crippen molar-refractivity contribution in [2.45, 2.75) is 32.9 Å². The normalized spacial score (nSPS) is 11.7. The number of carbonyl (C=O) groups excluding carboxylic acids is 1. The lowest BCUT2D eigenvalue weighted by Crippen LogP contribution is -2.26. The number of aromatic carboxylic acids is 1. The molecule has 142 valence electrons. The zero-order chi connectivity index (χ0) is 19.9. The summed E-state index contributed by atoms with van der Waals surface area (Å²) in [6.45, 7) is 5.18. The van der Waals surface area contributed by atoms with Gasteiger partial charge in [-0.2, -0.15) is 0 Å². The number of hydrogen-bond donors (Lipinski definition) is 2. The zero-order valence-electron chi connectivity index (χ0n) is 15.4. The second-order valence-electron chi connectivity index (χ2n) is 7.01. The van der Waals surface area contributed by atoms with Crippen molar-refractivity contribution in [1.82, 2.24) is 14.5 Å². The molecule has 0 atom stereocenters. The smallest absolute Gasteiger partial charge is 0.335 e. The highest BCUT2D eigenvalue weighted by Crippen LogP contribution is 2.37. The topological polar surface area (TPSA) is 130 Å². The molecule has 2 heterocycles. The van der Waals surface area contributed by atoms with Gasteiger partial charge in [-0.15, -0.1) is 0 Å². The second-order valence-corrected chi connectivity index (χ2v) is 7.01. The van der Waals surface area contributed by atoms with Gasteiger partial charge in [-0.25, -0.2) is 14.8 Å². The van der Waals surface area contributed by atoms with Gasteiger partial charge < -0.3 is 24.9 Å². The maximum absolute atomic E-state index is 12.4. The molecule has 0 aliphatic heterocycles. The first kappa shape index (κ1) is 18.4. The molecule has 27 heavy (non-hydrogen) atoms. The highest BCUT2D eigenvalue weighted by Gasteiger charge is 2.24. The molecule has 0 saturated heterocycles. The molecule has 3 rings (SSSR count). The summed E-state index contributed by atoms with van der Waals surface area (Å²) in [5.41, 5.74) is 6.28. The fourth-order valence-electron chi connectivity index (χ4n) is 2.97. The van der Waals surface area contributed by atoms with E-state index in [4.69, 9.17) is 15.2 Å². The molecular weight excluding hydrogens is 352 g/mol. The van der Waals surface area contributed by atoms with Crippen molar-refractivity contribution in [2.75, 3.05) is 12.8 Å². The van der Waals surface area contributed by atoms with Gasteiger partial charge in [0.2, 0.25) is 0 Å². The van der Waals surface area contributed by atoms with Crippen LogP contribution in [-0.2, 0) is 16.1 Å². The van der Waals surface area contributed by atoms with Crippen LogP contribution in [0.1, 0.15) is 31.1 Å². The molecule has 0 saturated carbocycles. The molecule has 0 unspecified atom stereocenters. The lowest BCUT2D eigenvalue weighted by molar-refractivity contribution is -0.155. The average Bonchev–Trinajstić information content (AvgIpc) is 2.87. The molecular formula is C18H20N4O5. The van der Waals surface area contributed by atoms with Crippen LogP contribution in [-0.4, -0.2) is 44.3 Å². The Morgan fingerprint density at radius 3 is 2.56 bits per heavy atom. The van der Waals surface area contributed by atoms with Gasteiger partial charge in [0.15, 0.2) is 0 Å². The van der Waals surface area contributed by atoms with E-state index in [0.717, 1.165) is 0 Å². The molecule has 0 spiro atoms. The van der Waals surface area contributed by atoms with Crippen LogP contribution >= 0.6 is 0 Å². The van der Waals surface area contributed by atoms with Gasteiger partial charge in [0, 0.05) is 5.39 Å². The van der Waals surface area contributed by atoms with E-state index in [1.165, 1.54) is 25.6 Å². The number of carbonyl (C=O) groups is 2. The Morgan fingerprint density at radius 2 is 1.96 bits per heavy atom. The van der Waals surface area contributed by atoms with Gasteiger partial charge in [0.05, 0.1) is 23.6 Å². The Kier molecular flexibility index (Phi) is 4.38. The van der Waals surface area contributed by atoms with Crippen LogP contribution in [0.2, 0.25) is 0 Å². The summed E-state index contributed by atoms with van der Waals surface area (Å²) in [5.74, 6) is -1.12. The number of nitrogen functional groups attached to an aromatic ring is 1. The SMILES string of the molecule is COc1cc(C(=O)O)cc2c3c(N)ncnc3n(CC(=O)OC(C)(C)C)c12. The maximum Gasteiger partial charge on any atom is 0.335 e. The van der Waals surface area contributed by atoms with E-state index < -0.39 is 17.5 Å². The van der Waals surface area contributed by atoms with Gasteiger partial charge >= 0.3 is 11.9 Å². The van der Waals surface area contributed by atoms with Gasteiger partial charge in [-0.3, -0.25) is 4.79 Å². The number of methoxy groups -OCH3 is 1. The molecule has 0 bridgehead atoms. The van der Waals surface area contributed by atoms with E-state index in [1.54, 1.807) is 25.3 Å². The molecule has 9 heteroatoms. The van der Waals surface area contributed by atoms with Gasteiger partial charge in [-0.1, -0.05) is 0 Å². The summed E-state index contributed by atoms with van der Waals surface area (Å²) in [7, 11) is 1.42. The summed E-state index contributed by atoms with van der Waals surface area (Å²) in [6.07, 6.45) is 1.28. The molecule has 3 N–H and O–H groups in total. The third kappa shape index (κ3) is 3.35. The van der Waals surface area contributed by atoms with Crippen LogP contribution in [0.3, 0.4) is 0 Å². The molecule has 0 aliphatic carbocycles. The molecule has 0 fully saturated rings. The first-order valence-electron chi connectivity index (χ1n) is 8.18. The highest BCUT2D eigenvalue weighted by molar-refractivity contribution is 6.15. The number of nitrogens with zero attached hydrogens (tertiary/aromatic N) is 3. The van der Waals surface area contributed by atoms with Crippen molar-refractivity contribution in [3.8, 4) is 5.75 Å². The Bertz CT molecular complexity index is 1070. The van der Waals surface area contributed by atoms with Crippen molar-refractivity contribution in [1.29, 1.82) is 0 Å². The monoisotopic (exact) mass is 372 g/mol. The van der Waals surface area contributed by atoms with Crippen LogP contribution in [0.5, 0.6) is 5.75 Å². The number of ether oxygens (including phenoxy) is 2. The Balaban J connectivity index is 2.32. The average molecular weight is 372 g/mol. The number of esters is 1. The van der Waals surface area contributed by atoms with Crippen LogP contribution in [0.15, 0.2) is 18.5 Å². The van der Waals surface area contributed by atoms with Crippen molar-refractivity contribution < 1.29 is 24.2 Å². The molecule has 2 aromatic heterocycles. The highest BCUT2D eigenvalue weighted by atomic mass is 16.6. The number of carboxylic acids is 1. The lowest BCUT2D eigenvalue weighted by Gasteiger charge is -2.20. The number of hydrogen-bond acceptors (Lipinski definition) is 7. The largest absolute Gasteiger partial charge is 0.495 e. The third-order valence-electron chi connectivity index (χ3n) is 3.90. The summed E-state index contributed by atoms with van der Waals surface area (Å²) in [4.78, 5) is 32.1. The van der Waals surface area contributed by atoms with Crippen molar-refractivity contribution in [2.24, 2.45) is 0 Å².